The van der Waals surface area contributed by atoms with Crippen molar-refractivity contribution in [2.75, 3.05) is 17.2 Å². The highest BCUT2D eigenvalue weighted by atomic mass is 32.2. The van der Waals surface area contributed by atoms with E-state index in [2.05, 4.69) is 10.4 Å². The van der Waals surface area contributed by atoms with Crippen LogP contribution in [0.25, 0.3) is 0 Å². The molecule has 7 heteroatoms. The van der Waals surface area contributed by atoms with Gasteiger partial charge in [0, 0.05) is 12.2 Å². The molecule has 2 unspecified atom stereocenters. The van der Waals surface area contributed by atoms with E-state index < -0.39 is 9.84 Å². The summed E-state index contributed by atoms with van der Waals surface area (Å²) in [6, 6.07) is 3.60. The summed E-state index contributed by atoms with van der Waals surface area (Å²) in [6.07, 6.45) is 2.96. The molecular formula is C11H18N4O2S. The van der Waals surface area contributed by atoms with Gasteiger partial charge < -0.3 is 5.73 Å². The molecule has 0 spiro atoms. The molecule has 1 aromatic heterocycles. The van der Waals surface area contributed by atoms with E-state index in [0.717, 1.165) is 5.56 Å². The monoisotopic (exact) mass is 270 g/mol. The van der Waals surface area contributed by atoms with Crippen LogP contribution in [0.5, 0.6) is 0 Å². The number of aromatic nitrogens is 1. The average molecular weight is 270 g/mol. The van der Waals surface area contributed by atoms with Gasteiger partial charge >= 0.3 is 0 Å². The van der Waals surface area contributed by atoms with E-state index in [9.17, 15) is 8.42 Å². The van der Waals surface area contributed by atoms with Crippen LogP contribution in [-0.2, 0) is 16.3 Å². The first-order chi connectivity index (χ1) is 8.50. The lowest BCUT2D eigenvalue weighted by Crippen LogP contribution is -2.43. The zero-order chi connectivity index (χ0) is 13.2. The van der Waals surface area contributed by atoms with Gasteiger partial charge in [0.15, 0.2) is 9.84 Å². The molecule has 6 nitrogen and oxygen atoms in total. The molecule has 1 aromatic rings. The highest BCUT2D eigenvalue weighted by Gasteiger charge is 2.33. The van der Waals surface area contributed by atoms with Gasteiger partial charge in [0.2, 0.25) is 0 Å². The summed E-state index contributed by atoms with van der Waals surface area (Å²) in [7, 11) is -2.88. The second-order valence-electron chi connectivity index (χ2n) is 4.73. The summed E-state index contributed by atoms with van der Waals surface area (Å²) in [5.41, 5.74) is 9.35. The van der Waals surface area contributed by atoms with Crippen molar-refractivity contribution in [2.45, 2.75) is 18.9 Å². The van der Waals surface area contributed by atoms with Crippen molar-refractivity contribution < 1.29 is 8.42 Å². The Morgan fingerprint density at radius 1 is 1.56 bits per heavy atom. The molecule has 1 fully saturated rings. The fourth-order valence-corrected chi connectivity index (χ4v) is 4.26. The van der Waals surface area contributed by atoms with E-state index in [-0.39, 0.29) is 23.5 Å². The molecule has 0 radical (unpaired) electrons. The summed E-state index contributed by atoms with van der Waals surface area (Å²) < 4.78 is 22.9. The van der Waals surface area contributed by atoms with Crippen LogP contribution in [-0.4, -0.2) is 30.9 Å². The van der Waals surface area contributed by atoms with Crippen LogP contribution < -0.4 is 17.0 Å². The van der Waals surface area contributed by atoms with Crippen molar-refractivity contribution in [1.29, 1.82) is 0 Å². The van der Waals surface area contributed by atoms with E-state index >= 15 is 0 Å². The largest absolute Gasteiger partial charge is 0.384 e. The molecular weight excluding hydrogens is 252 g/mol. The normalized spacial score (nSPS) is 23.9. The van der Waals surface area contributed by atoms with Crippen LogP contribution in [0.2, 0.25) is 0 Å². The number of sulfone groups is 1. The van der Waals surface area contributed by atoms with Crippen molar-refractivity contribution in [1.82, 2.24) is 10.4 Å². The average Bonchev–Trinajstić information content (AvgIpc) is 2.66. The summed E-state index contributed by atoms with van der Waals surface area (Å²) in [4.78, 5) is 3.92. The molecule has 1 aliphatic rings. The van der Waals surface area contributed by atoms with Gasteiger partial charge in [0.25, 0.3) is 0 Å². The number of pyridine rings is 1. The van der Waals surface area contributed by atoms with Crippen molar-refractivity contribution >= 4 is 15.7 Å². The molecule has 0 amide bonds. The molecule has 2 heterocycles. The van der Waals surface area contributed by atoms with Crippen LogP contribution >= 0.6 is 0 Å². The fourth-order valence-electron chi connectivity index (χ4n) is 2.38. The SMILES string of the molecule is NNC(Cc1ccnc(N)c1)C1CCS(=O)(=O)C1. The predicted octanol–water partition coefficient (Wildman–Crippen LogP) is -0.527. The summed E-state index contributed by atoms with van der Waals surface area (Å²) >= 11 is 0. The minimum atomic E-state index is -2.88. The Morgan fingerprint density at radius 2 is 2.33 bits per heavy atom. The summed E-state index contributed by atoms with van der Waals surface area (Å²) in [5.74, 6) is 6.53. The molecule has 0 aliphatic carbocycles. The smallest absolute Gasteiger partial charge is 0.150 e. The Kier molecular flexibility index (Phi) is 3.84. The van der Waals surface area contributed by atoms with E-state index in [1.54, 1.807) is 12.3 Å². The first kappa shape index (κ1) is 13.3. The maximum Gasteiger partial charge on any atom is 0.150 e. The van der Waals surface area contributed by atoms with Gasteiger partial charge in [-0.15, -0.1) is 0 Å². The van der Waals surface area contributed by atoms with E-state index in [4.69, 9.17) is 11.6 Å². The molecule has 18 heavy (non-hydrogen) atoms. The maximum absolute atomic E-state index is 11.5. The molecule has 0 aromatic carbocycles. The predicted molar refractivity (Wildman–Crippen MR) is 70.2 cm³/mol. The number of anilines is 1. The lowest BCUT2D eigenvalue weighted by Gasteiger charge is -2.21. The minimum Gasteiger partial charge on any atom is -0.384 e. The van der Waals surface area contributed by atoms with Gasteiger partial charge in [-0.3, -0.25) is 11.3 Å². The third kappa shape index (κ3) is 3.18. The third-order valence-corrected chi connectivity index (χ3v) is 5.15. The standard InChI is InChI=1S/C11H18N4O2S/c12-11-6-8(1-3-14-11)5-10(15-13)9-2-4-18(16,17)7-9/h1,3,6,9-10,15H,2,4-5,7,13H2,(H2,12,14). The van der Waals surface area contributed by atoms with Crippen LogP contribution in [0.1, 0.15) is 12.0 Å². The topological polar surface area (TPSA) is 111 Å². The quantitative estimate of drug-likeness (QED) is 0.501. The minimum absolute atomic E-state index is 0.0518. The van der Waals surface area contributed by atoms with Crippen LogP contribution in [0.3, 0.4) is 0 Å². The van der Waals surface area contributed by atoms with Gasteiger partial charge in [-0.1, -0.05) is 0 Å². The van der Waals surface area contributed by atoms with Crippen LogP contribution in [0, 0.1) is 5.92 Å². The third-order valence-electron chi connectivity index (χ3n) is 3.35. The molecule has 100 valence electrons. The number of hydrazine groups is 1. The Hall–Kier alpha value is -1.18. The lowest BCUT2D eigenvalue weighted by molar-refractivity contribution is 0.385. The maximum atomic E-state index is 11.5. The first-order valence-electron chi connectivity index (χ1n) is 5.87. The lowest BCUT2D eigenvalue weighted by atomic mass is 9.94. The number of hydrogen-bond acceptors (Lipinski definition) is 6. The zero-order valence-electron chi connectivity index (χ0n) is 10.0. The second-order valence-corrected chi connectivity index (χ2v) is 6.96. The molecule has 1 aliphatic heterocycles. The number of nitrogens with one attached hydrogen (secondary N) is 1. The van der Waals surface area contributed by atoms with Crippen molar-refractivity contribution in [3.63, 3.8) is 0 Å². The molecule has 5 N–H and O–H groups in total. The number of hydrogen-bond donors (Lipinski definition) is 3. The van der Waals surface area contributed by atoms with Gasteiger partial charge in [-0.05, 0) is 36.5 Å². The first-order valence-corrected chi connectivity index (χ1v) is 7.69. The Bertz CT molecular complexity index is 518. The van der Waals surface area contributed by atoms with Gasteiger partial charge in [0.1, 0.15) is 5.82 Å². The summed E-state index contributed by atoms with van der Waals surface area (Å²) in [6.45, 7) is 0. The number of rotatable bonds is 4. The molecule has 0 saturated carbocycles. The Balaban J connectivity index is 2.06. The van der Waals surface area contributed by atoms with E-state index in [0.29, 0.717) is 18.7 Å². The molecule has 2 atom stereocenters. The highest BCUT2D eigenvalue weighted by molar-refractivity contribution is 7.91. The van der Waals surface area contributed by atoms with Gasteiger partial charge in [-0.2, -0.15) is 0 Å². The molecule has 0 bridgehead atoms. The fraction of sp³-hybridized carbons (Fsp3) is 0.545. The Labute approximate surface area is 107 Å². The zero-order valence-corrected chi connectivity index (χ0v) is 10.9. The van der Waals surface area contributed by atoms with Gasteiger partial charge in [-0.25, -0.2) is 13.4 Å². The van der Waals surface area contributed by atoms with Crippen molar-refractivity contribution in [3.8, 4) is 0 Å². The van der Waals surface area contributed by atoms with Crippen LogP contribution in [0.15, 0.2) is 18.3 Å². The second kappa shape index (κ2) is 5.21. The highest BCUT2D eigenvalue weighted by Crippen LogP contribution is 2.23. The van der Waals surface area contributed by atoms with Gasteiger partial charge in [0.05, 0.1) is 11.5 Å². The van der Waals surface area contributed by atoms with E-state index in [1.807, 2.05) is 6.07 Å². The van der Waals surface area contributed by atoms with Crippen molar-refractivity contribution in [3.05, 3.63) is 23.9 Å². The van der Waals surface area contributed by atoms with E-state index in [1.165, 1.54) is 0 Å². The summed E-state index contributed by atoms with van der Waals surface area (Å²) in [5, 5.41) is 0. The number of nitrogens with two attached hydrogens (primary N) is 2. The van der Waals surface area contributed by atoms with Crippen molar-refractivity contribution in [2.24, 2.45) is 11.8 Å². The molecule has 1 saturated heterocycles. The number of nitrogen functional groups attached to an aromatic ring is 1. The Morgan fingerprint density at radius 3 is 2.89 bits per heavy atom. The number of nitrogens with zero attached hydrogens (tertiary/aromatic N) is 1. The molecule has 2 rings (SSSR count). The van der Waals surface area contributed by atoms with Crippen LogP contribution in [0.4, 0.5) is 5.82 Å².